The molecule has 0 aliphatic heterocycles. The summed E-state index contributed by atoms with van der Waals surface area (Å²) >= 11 is 0. The van der Waals surface area contributed by atoms with Crippen LogP contribution in [0.4, 0.5) is 5.69 Å². The van der Waals surface area contributed by atoms with Gasteiger partial charge in [-0.05, 0) is 12.1 Å². The van der Waals surface area contributed by atoms with Gasteiger partial charge in [0, 0.05) is 5.39 Å². The molecular formula is C8H7N3O2. The number of phenols is 1. The number of nitrogen functional groups attached to an aromatic ring is 1. The van der Waals surface area contributed by atoms with Gasteiger partial charge in [-0.1, -0.05) is 0 Å². The summed E-state index contributed by atoms with van der Waals surface area (Å²) < 4.78 is 0. The number of anilines is 1. The summed E-state index contributed by atoms with van der Waals surface area (Å²) in [6.45, 7) is 0. The first-order valence-electron chi connectivity index (χ1n) is 3.64. The minimum Gasteiger partial charge on any atom is -0.506 e. The summed E-state index contributed by atoms with van der Waals surface area (Å²) in [5.74, 6) is -0.0933. The van der Waals surface area contributed by atoms with Gasteiger partial charge in [0.25, 0.3) is 5.56 Å². The van der Waals surface area contributed by atoms with Crippen LogP contribution in [0.5, 0.6) is 5.75 Å². The minimum absolute atomic E-state index is 0.0933. The Labute approximate surface area is 72.8 Å². The summed E-state index contributed by atoms with van der Waals surface area (Å²) in [7, 11) is 0. The zero-order valence-electron chi connectivity index (χ0n) is 6.61. The fourth-order valence-corrected chi connectivity index (χ4v) is 1.15. The van der Waals surface area contributed by atoms with Gasteiger partial charge in [-0.15, -0.1) is 0 Å². The van der Waals surface area contributed by atoms with Crippen LogP contribution in [0, 0.1) is 0 Å². The minimum atomic E-state index is -0.340. The number of nitrogens with two attached hydrogens (primary N) is 1. The van der Waals surface area contributed by atoms with E-state index in [1.54, 1.807) is 0 Å². The Bertz CT molecular complexity index is 518. The largest absolute Gasteiger partial charge is 0.506 e. The molecule has 0 bridgehead atoms. The first kappa shape index (κ1) is 7.60. The van der Waals surface area contributed by atoms with Gasteiger partial charge in [-0.2, -0.15) is 5.10 Å². The molecule has 0 radical (unpaired) electrons. The third-order valence-corrected chi connectivity index (χ3v) is 1.81. The highest BCUT2D eigenvalue weighted by Gasteiger charge is 2.02. The van der Waals surface area contributed by atoms with Crippen molar-refractivity contribution in [3.05, 3.63) is 28.7 Å². The third kappa shape index (κ3) is 1.10. The normalized spacial score (nSPS) is 10.5. The molecule has 13 heavy (non-hydrogen) atoms. The molecular weight excluding hydrogens is 170 g/mol. The first-order chi connectivity index (χ1) is 6.18. The SMILES string of the molecule is Nc1cc2cn[nH]c(=O)c2cc1O. The molecule has 2 rings (SSSR count). The molecule has 0 fully saturated rings. The van der Waals surface area contributed by atoms with Crippen molar-refractivity contribution in [2.75, 3.05) is 5.73 Å². The maximum Gasteiger partial charge on any atom is 0.272 e. The van der Waals surface area contributed by atoms with Crippen LogP contribution in [-0.4, -0.2) is 15.3 Å². The van der Waals surface area contributed by atoms with Crippen molar-refractivity contribution in [2.45, 2.75) is 0 Å². The predicted molar refractivity (Wildman–Crippen MR) is 48.4 cm³/mol. The van der Waals surface area contributed by atoms with Crippen molar-refractivity contribution < 1.29 is 5.11 Å². The number of nitrogens with zero attached hydrogens (tertiary/aromatic N) is 1. The monoisotopic (exact) mass is 177 g/mol. The fourth-order valence-electron chi connectivity index (χ4n) is 1.15. The molecule has 0 aliphatic carbocycles. The lowest BCUT2D eigenvalue weighted by atomic mass is 10.1. The second-order valence-corrected chi connectivity index (χ2v) is 2.70. The van der Waals surface area contributed by atoms with Crippen LogP contribution in [-0.2, 0) is 0 Å². The van der Waals surface area contributed by atoms with Crippen LogP contribution in [0.2, 0.25) is 0 Å². The van der Waals surface area contributed by atoms with E-state index >= 15 is 0 Å². The summed E-state index contributed by atoms with van der Waals surface area (Å²) in [6, 6.07) is 2.83. The second-order valence-electron chi connectivity index (χ2n) is 2.70. The van der Waals surface area contributed by atoms with Gasteiger partial charge in [0.05, 0.1) is 17.3 Å². The Morgan fingerprint density at radius 3 is 3.00 bits per heavy atom. The fraction of sp³-hybridized carbons (Fsp3) is 0. The zero-order chi connectivity index (χ0) is 9.42. The molecule has 5 heteroatoms. The summed E-state index contributed by atoms with van der Waals surface area (Å²) in [5, 5.41) is 16.1. The van der Waals surface area contributed by atoms with Crippen LogP contribution in [0.3, 0.4) is 0 Å². The molecule has 0 unspecified atom stereocenters. The smallest absolute Gasteiger partial charge is 0.272 e. The van der Waals surface area contributed by atoms with E-state index < -0.39 is 0 Å². The van der Waals surface area contributed by atoms with E-state index in [0.717, 1.165) is 0 Å². The van der Waals surface area contributed by atoms with Gasteiger partial charge < -0.3 is 10.8 Å². The molecule has 1 aromatic heterocycles. The van der Waals surface area contributed by atoms with Gasteiger partial charge in [-0.25, -0.2) is 5.10 Å². The highest BCUT2D eigenvalue weighted by Crippen LogP contribution is 2.23. The van der Waals surface area contributed by atoms with E-state index in [1.165, 1.54) is 18.3 Å². The number of aromatic amines is 1. The van der Waals surface area contributed by atoms with E-state index in [4.69, 9.17) is 5.73 Å². The van der Waals surface area contributed by atoms with Gasteiger partial charge in [-0.3, -0.25) is 4.79 Å². The van der Waals surface area contributed by atoms with Crippen molar-refractivity contribution in [3.63, 3.8) is 0 Å². The van der Waals surface area contributed by atoms with Crippen molar-refractivity contribution in [2.24, 2.45) is 0 Å². The third-order valence-electron chi connectivity index (χ3n) is 1.81. The molecule has 1 heterocycles. The summed E-state index contributed by atoms with van der Waals surface area (Å²) in [6.07, 6.45) is 1.48. The topological polar surface area (TPSA) is 92.0 Å². The van der Waals surface area contributed by atoms with Crippen LogP contribution < -0.4 is 11.3 Å². The second kappa shape index (κ2) is 2.48. The predicted octanol–water partition coefficient (Wildman–Crippen LogP) is 0.211. The van der Waals surface area contributed by atoms with Crippen LogP contribution in [0.1, 0.15) is 0 Å². The molecule has 66 valence electrons. The van der Waals surface area contributed by atoms with E-state index in [2.05, 4.69) is 10.2 Å². The van der Waals surface area contributed by atoms with Gasteiger partial charge >= 0.3 is 0 Å². The molecule has 5 nitrogen and oxygen atoms in total. The Morgan fingerprint density at radius 2 is 2.23 bits per heavy atom. The Morgan fingerprint density at radius 1 is 1.46 bits per heavy atom. The Kier molecular flexibility index (Phi) is 1.45. The van der Waals surface area contributed by atoms with Crippen LogP contribution in [0.15, 0.2) is 23.1 Å². The van der Waals surface area contributed by atoms with Gasteiger partial charge in [0.1, 0.15) is 5.75 Å². The number of aromatic hydroxyl groups is 1. The number of nitrogens with one attached hydrogen (secondary N) is 1. The van der Waals surface area contributed by atoms with Crippen LogP contribution >= 0.6 is 0 Å². The summed E-state index contributed by atoms with van der Waals surface area (Å²) in [4.78, 5) is 11.2. The van der Waals surface area contributed by atoms with E-state index in [-0.39, 0.29) is 17.0 Å². The van der Waals surface area contributed by atoms with Gasteiger partial charge in [0.15, 0.2) is 0 Å². The molecule has 0 atom stereocenters. The van der Waals surface area contributed by atoms with Crippen molar-refractivity contribution in [3.8, 4) is 5.75 Å². The molecule has 0 saturated heterocycles. The quantitative estimate of drug-likeness (QED) is 0.396. The Hall–Kier alpha value is -2.04. The van der Waals surface area contributed by atoms with Crippen molar-refractivity contribution >= 4 is 16.5 Å². The number of fused-ring (bicyclic) bond motifs is 1. The number of phenolic OH excluding ortho intramolecular Hbond substituents is 1. The lowest BCUT2D eigenvalue weighted by Crippen LogP contribution is -2.07. The lowest BCUT2D eigenvalue weighted by Gasteiger charge is -2.00. The highest BCUT2D eigenvalue weighted by molar-refractivity contribution is 5.86. The number of aromatic nitrogens is 2. The number of rotatable bonds is 0. The van der Waals surface area contributed by atoms with Crippen molar-refractivity contribution in [1.29, 1.82) is 0 Å². The maximum absolute atomic E-state index is 11.2. The molecule has 1 aromatic carbocycles. The van der Waals surface area contributed by atoms with E-state index in [0.29, 0.717) is 10.8 Å². The molecule has 0 aliphatic rings. The van der Waals surface area contributed by atoms with Crippen molar-refractivity contribution in [1.82, 2.24) is 10.2 Å². The van der Waals surface area contributed by atoms with E-state index in [9.17, 15) is 9.90 Å². The average Bonchev–Trinajstić information content (AvgIpc) is 2.09. The molecule has 0 spiro atoms. The molecule has 4 N–H and O–H groups in total. The Balaban J connectivity index is 2.97. The molecule has 0 saturated carbocycles. The van der Waals surface area contributed by atoms with Crippen LogP contribution in [0.25, 0.3) is 10.8 Å². The number of hydrogen-bond acceptors (Lipinski definition) is 4. The molecule has 2 aromatic rings. The van der Waals surface area contributed by atoms with E-state index in [1.807, 2.05) is 0 Å². The number of benzene rings is 1. The molecule has 0 amide bonds. The standard InChI is InChI=1S/C8H7N3O2/c9-6-1-4-3-10-11-8(13)5(4)2-7(6)12/h1-3,12H,9H2,(H,11,13). The number of hydrogen-bond donors (Lipinski definition) is 3. The zero-order valence-corrected chi connectivity index (χ0v) is 6.61. The average molecular weight is 177 g/mol. The highest BCUT2D eigenvalue weighted by atomic mass is 16.3. The first-order valence-corrected chi connectivity index (χ1v) is 3.64. The lowest BCUT2D eigenvalue weighted by molar-refractivity contribution is 0.479. The van der Waals surface area contributed by atoms with Gasteiger partial charge in [0.2, 0.25) is 0 Å². The maximum atomic E-state index is 11.2. The number of H-pyrrole nitrogens is 1. The summed E-state index contributed by atoms with van der Waals surface area (Å²) in [5.41, 5.74) is 5.34.